The van der Waals surface area contributed by atoms with Gasteiger partial charge in [0.25, 0.3) is 0 Å². The molecule has 0 saturated carbocycles. The molecule has 22 heavy (non-hydrogen) atoms. The third kappa shape index (κ3) is 3.69. The van der Waals surface area contributed by atoms with Gasteiger partial charge in [-0.15, -0.1) is 0 Å². The van der Waals surface area contributed by atoms with Gasteiger partial charge in [0.1, 0.15) is 0 Å². The van der Waals surface area contributed by atoms with E-state index in [1.807, 2.05) is 6.07 Å². The molecule has 1 N–H and O–H groups in total. The molecule has 0 unspecified atom stereocenters. The van der Waals surface area contributed by atoms with Crippen LogP contribution in [-0.4, -0.2) is 32.4 Å². The van der Waals surface area contributed by atoms with Crippen LogP contribution in [0.4, 0.5) is 0 Å². The quantitative estimate of drug-likeness (QED) is 0.923. The van der Waals surface area contributed by atoms with Crippen molar-refractivity contribution in [3.63, 3.8) is 0 Å². The zero-order valence-electron chi connectivity index (χ0n) is 12.8. The van der Waals surface area contributed by atoms with Crippen LogP contribution in [0, 0.1) is 5.92 Å². The van der Waals surface area contributed by atoms with Crippen LogP contribution in [0.2, 0.25) is 0 Å². The second-order valence-corrected chi connectivity index (χ2v) is 8.79. The van der Waals surface area contributed by atoms with Crippen molar-refractivity contribution in [3.8, 4) is 0 Å². The molecule has 4 nitrogen and oxygen atoms in total. The number of amides is 1. The number of nitrogens with one attached hydrogen (secondary N) is 1. The lowest BCUT2D eigenvalue weighted by Gasteiger charge is -2.25. The van der Waals surface area contributed by atoms with Gasteiger partial charge in [-0.05, 0) is 48.6 Å². The molecule has 120 valence electrons. The number of hydrogen-bond acceptors (Lipinski definition) is 3. The largest absolute Gasteiger partial charge is 0.356 e. The summed E-state index contributed by atoms with van der Waals surface area (Å²) < 4.78 is 22.9. The molecule has 1 aliphatic carbocycles. The fourth-order valence-electron chi connectivity index (χ4n) is 3.65. The first kappa shape index (κ1) is 15.5. The average molecular weight is 321 g/mol. The summed E-state index contributed by atoms with van der Waals surface area (Å²) in [5.41, 5.74) is 2.68. The normalized spacial score (nSPS) is 26.4. The first-order valence-corrected chi connectivity index (χ1v) is 9.90. The Morgan fingerprint density at radius 1 is 1.23 bits per heavy atom. The molecule has 2 aliphatic rings. The standard InChI is InChI=1S/C17H23NO3S/c19-17(18-11-13-8-9-22(20,21)12-13)10-15-6-3-5-14-4-1-2-7-16(14)15/h1-2,4,7,13,15H,3,5-6,8-12H2,(H,18,19)/t13-,15+/m1/s1. The van der Waals surface area contributed by atoms with Crippen molar-refractivity contribution in [2.45, 2.75) is 38.0 Å². The van der Waals surface area contributed by atoms with Gasteiger partial charge in [-0.2, -0.15) is 0 Å². The third-order valence-electron chi connectivity index (χ3n) is 4.84. The van der Waals surface area contributed by atoms with Gasteiger partial charge < -0.3 is 5.32 Å². The summed E-state index contributed by atoms with van der Waals surface area (Å²) in [5, 5.41) is 2.94. The summed E-state index contributed by atoms with van der Waals surface area (Å²) in [6.45, 7) is 0.492. The van der Waals surface area contributed by atoms with Crippen molar-refractivity contribution >= 4 is 15.7 Å². The zero-order chi connectivity index (χ0) is 15.6. The summed E-state index contributed by atoms with van der Waals surface area (Å²) in [6, 6.07) is 8.39. The van der Waals surface area contributed by atoms with E-state index in [-0.39, 0.29) is 23.3 Å². The number of benzene rings is 1. The van der Waals surface area contributed by atoms with E-state index in [2.05, 4.69) is 23.5 Å². The molecule has 1 aromatic carbocycles. The highest BCUT2D eigenvalue weighted by molar-refractivity contribution is 7.91. The summed E-state index contributed by atoms with van der Waals surface area (Å²) in [5.74, 6) is 0.930. The number of hydrogen-bond donors (Lipinski definition) is 1. The number of carbonyl (C=O) groups is 1. The Morgan fingerprint density at radius 3 is 2.82 bits per heavy atom. The zero-order valence-corrected chi connectivity index (χ0v) is 13.6. The van der Waals surface area contributed by atoms with E-state index < -0.39 is 9.84 Å². The van der Waals surface area contributed by atoms with E-state index >= 15 is 0 Å². The van der Waals surface area contributed by atoms with E-state index in [4.69, 9.17) is 0 Å². The molecule has 0 radical (unpaired) electrons. The topological polar surface area (TPSA) is 63.2 Å². The molecule has 1 saturated heterocycles. The Morgan fingerprint density at radius 2 is 2.05 bits per heavy atom. The van der Waals surface area contributed by atoms with Gasteiger partial charge in [0.05, 0.1) is 11.5 Å². The Bertz CT molecular complexity index is 654. The first-order chi connectivity index (χ1) is 10.5. The molecule has 0 bridgehead atoms. The second kappa shape index (κ2) is 6.41. The van der Waals surface area contributed by atoms with E-state index in [9.17, 15) is 13.2 Å². The lowest BCUT2D eigenvalue weighted by molar-refractivity contribution is -0.121. The minimum absolute atomic E-state index is 0.0472. The van der Waals surface area contributed by atoms with Gasteiger partial charge in [0.15, 0.2) is 9.84 Å². The number of fused-ring (bicyclic) bond motifs is 1. The molecule has 2 atom stereocenters. The molecule has 1 amide bonds. The van der Waals surface area contributed by atoms with Crippen LogP contribution in [0.3, 0.4) is 0 Å². The summed E-state index contributed by atoms with van der Waals surface area (Å²) in [4.78, 5) is 12.2. The maximum absolute atomic E-state index is 12.2. The number of sulfone groups is 1. The van der Waals surface area contributed by atoms with Crippen molar-refractivity contribution in [2.24, 2.45) is 5.92 Å². The van der Waals surface area contributed by atoms with Gasteiger partial charge in [0, 0.05) is 13.0 Å². The van der Waals surface area contributed by atoms with Crippen LogP contribution in [0.25, 0.3) is 0 Å². The molecule has 5 heteroatoms. The molecule has 1 aliphatic heterocycles. The Kier molecular flexibility index (Phi) is 4.52. The van der Waals surface area contributed by atoms with Crippen LogP contribution in [0.15, 0.2) is 24.3 Å². The van der Waals surface area contributed by atoms with Gasteiger partial charge in [-0.3, -0.25) is 4.79 Å². The minimum Gasteiger partial charge on any atom is -0.356 e. The van der Waals surface area contributed by atoms with Crippen molar-refractivity contribution in [2.75, 3.05) is 18.1 Å². The first-order valence-electron chi connectivity index (χ1n) is 8.08. The van der Waals surface area contributed by atoms with Gasteiger partial charge in [-0.25, -0.2) is 8.42 Å². The minimum atomic E-state index is -2.86. The van der Waals surface area contributed by atoms with Crippen LogP contribution in [0.5, 0.6) is 0 Å². The van der Waals surface area contributed by atoms with E-state index in [1.165, 1.54) is 11.1 Å². The monoisotopic (exact) mass is 321 g/mol. The smallest absolute Gasteiger partial charge is 0.220 e. The van der Waals surface area contributed by atoms with E-state index in [0.717, 1.165) is 19.3 Å². The SMILES string of the molecule is O=C(C[C@@H]1CCCc2ccccc21)NC[C@H]1CCS(=O)(=O)C1. The highest BCUT2D eigenvalue weighted by Gasteiger charge is 2.28. The highest BCUT2D eigenvalue weighted by Crippen LogP contribution is 2.33. The second-order valence-electron chi connectivity index (χ2n) is 6.57. The van der Waals surface area contributed by atoms with Crippen LogP contribution in [0.1, 0.15) is 42.7 Å². The molecule has 3 rings (SSSR count). The molecule has 1 fully saturated rings. The van der Waals surface area contributed by atoms with Crippen LogP contribution in [-0.2, 0) is 21.1 Å². The summed E-state index contributed by atoms with van der Waals surface area (Å²) in [6.07, 6.45) is 4.48. The Hall–Kier alpha value is -1.36. The van der Waals surface area contributed by atoms with Crippen LogP contribution < -0.4 is 5.32 Å². The maximum Gasteiger partial charge on any atom is 0.220 e. The fourth-order valence-corrected chi connectivity index (χ4v) is 5.52. The third-order valence-corrected chi connectivity index (χ3v) is 6.68. The van der Waals surface area contributed by atoms with Crippen LogP contribution >= 0.6 is 0 Å². The number of carbonyl (C=O) groups excluding carboxylic acids is 1. The van der Waals surface area contributed by atoms with E-state index in [0.29, 0.717) is 25.3 Å². The maximum atomic E-state index is 12.2. The predicted octanol–water partition coefficient (Wildman–Crippen LogP) is 2.05. The van der Waals surface area contributed by atoms with Crippen molar-refractivity contribution in [3.05, 3.63) is 35.4 Å². The van der Waals surface area contributed by atoms with Gasteiger partial charge >= 0.3 is 0 Å². The summed E-state index contributed by atoms with van der Waals surface area (Å²) in [7, 11) is -2.86. The van der Waals surface area contributed by atoms with E-state index in [1.54, 1.807) is 0 Å². The number of aryl methyl sites for hydroxylation is 1. The average Bonchev–Trinajstić information content (AvgIpc) is 2.85. The van der Waals surface area contributed by atoms with Crippen molar-refractivity contribution in [1.29, 1.82) is 0 Å². The lowest BCUT2D eigenvalue weighted by atomic mass is 9.81. The predicted molar refractivity (Wildman–Crippen MR) is 86.5 cm³/mol. The number of rotatable bonds is 4. The van der Waals surface area contributed by atoms with Gasteiger partial charge in [0.2, 0.25) is 5.91 Å². The molecular formula is C17H23NO3S. The Balaban J connectivity index is 1.53. The molecule has 0 aromatic heterocycles. The fraction of sp³-hybridized carbons (Fsp3) is 0.588. The lowest BCUT2D eigenvalue weighted by Crippen LogP contribution is -2.31. The molecule has 1 heterocycles. The molecule has 0 spiro atoms. The van der Waals surface area contributed by atoms with Crippen molar-refractivity contribution in [1.82, 2.24) is 5.32 Å². The molecule has 1 aromatic rings. The van der Waals surface area contributed by atoms with Crippen molar-refractivity contribution < 1.29 is 13.2 Å². The Labute approximate surface area is 132 Å². The van der Waals surface area contributed by atoms with Gasteiger partial charge in [-0.1, -0.05) is 24.3 Å². The highest BCUT2D eigenvalue weighted by atomic mass is 32.2. The molecular weight excluding hydrogens is 298 g/mol. The summed E-state index contributed by atoms with van der Waals surface area (Å²) >= 11 is 0.